The second-order valence-corrected chi connectivity index (χ2v) is 6.11. The number of rotatable bonds is 6. The van der Waals surface area contributed by atoms with Crippen LogP contribution in [0.2, 0.25) is 0 Å². The van der Waals surface area contributed by atoms with Gasteiger partial charge in [0.1, 0.15) is 0 Å². The highest BCUT2D eigenvalue weighted by molar-refractivity contribution is 5.81. The molecule has 1 aromatic carbocycles. The first-order valence-corrected chi connectivity index (χ1v) is 6.95. The maximum Gasteiger partial charge on any atom is 0.237 e. The third-order valence-corrected chi connectivity index (χ3v) is 3.26. The van der Waals surface area contributed by atoms with E-state index < -0.39 is 5.60 Å². The number of aliphatic hydroxyl groups is 1. The Morgan fingerprint density at radius 1 is 1.35 bits per heavy atom. The predicted molar refractivity (Wildman–Crippen MR) is 81.4 cm³/mol. The third-order valence-electron chi connectivity index (χ3n) is 3.26. The number of hydrogen-bond acceptors (Lipinski definition) is 3. The van der Waals surface area contributed by atoms with Crippen molar-refractivity contribution in [3.05, 3.63) is 35.4 Å². The summed E-state index contributed by atoms with van der Waals surface area (Å²) in [4.78, 5) is 13.9. The van der Waals surface area contributed by atoms with Gasteiger partial charge >= 0.3 is 0 Å². The van der Waals surface area contributed by atoms with E-state index >= 15 is 0 Å². The first-order chi connectivity index (χ1) is 9.19. The van der Waals surface area contributed by atoms with Crippen molar-refractivity contribution in [3.8, 4) is 0 Å². The lowest BCUT2D eigenvalue weighted by molar-refractivity contribution is -0.126. The van der Waals surface area contributed by atoms with Crippen LogP contribution in [-0.2, 0) is 11.3 Å². The van der Waals surface area contributed by atoms with Gasteiger partial charge in [0.05, 0.1) is 11.6 Å². The highest BCUT2D eigenvalue weighted by Crippen LogP contribution is 2.07. The zero-order valence-corrected chi connectivity index (χ0v) is 13.1. The predicted octanol–water partition coefficient (Wildman–Crippen LogP) is 1.70. The van der Waals surface area contributed by atoms with Gasteiger partial charge in [-0.1, -0.05) is 29.8 Å². The van der Waals surface area contributed by atoms with E-state index in [4.69, 9.17) is 0 Å². The van der Waals surface area contributed by atoms with Crippen molar-refractivity contribution in [3.63, 3.8) is 0 Å². The van der Waals surface area contributed by atoms with Crippen LogP contribution in [-0.4, -0.2) is 41.1 Å². The van der Waals surface area contributed by atoms with Crippen molar-refractivity contribution >= 4 is 5.91 Å². The van der Waals surface area contributed by atoms with Gasteiger partial charge in [-0.15, -0.1) is 0 Å². The fourth-order valence-electron chi connectivity index (χ4n) is 1.99. The SMILES string of the molecule is Cc1ccc(CNC(=O)C(C)N(C)CC(C)(C)O)cc1. The molecule has 0 aliphatic rings. The minimum atomic E-state index is -0.805. The van der Waals surface area contributed by atoms with Gasteiger partial charge in [0, 0.05) is 13.1 Å². The van der Waals surface area contributed by atoms with Crippen LogP contribution in [0.3, 0.4) is 0 Å². The molecule has 0 bridgehead atoms. The molecule has 0 aliphatic carbocycles. The highest BCUT2D eigenvalue weighted by atomic mass is 16.3. The summed E-state index contributed by atoms with van der Waals surface area (Å²) < 4.78 is 0. The van der Waals surface area contributed by atoms with Crippen molar-refractivity contribution in [2.75, 3.05) is 13.6 Å². The Labute approximate surface area is 121 Å². The molecular weight excluding hydrogens is 252 g/mol. The average molecular weight is 278 g/mol. The number of nitrogens with one attached hydrogen (secondary N) is 1. The van der Waals surface area contributed by atoms with E-state index in [9.17, 15) is 9.90 Å². The van der Waals surface area contributed by atoms with E-state index in [0.29, 0.717) is 13.1 Å². The largest absolute Gasteiger partial charge is 0.389 e. The number of aryl methyl sites for hydroxylation is 1. The molecule has 0 saturated carbocycles. The van der Waals surface area contributed by atoms with Crippen LogP contribution in [0, 0.1) is 6.92 Å². The van der Waals surface area contributed by atoms with Crippen LogP contribution in [0.1, 0.15) is 31.9 Å². The molecule has 1 unspecified atom stereocenters. The summed E-state index contributed by atoms with van der Waals surface area (Å²) in [5.41, 5.74) is 1.49. The lowest BCUT2D eigenvalue weighted by atomic mass is 10.1. The normalized spacial score (nSPS) is 13.3. The Morgan fingerprint density at radius 3 is 2.40 bits per heavy atom. The van der Waals surface area contributed by atoms with Gasteiger partial charge in [-0.2, -0.15) is 0 Å². The maximum absolute atomic E-state index is 12.1. The monoisotopic (exact) mass is 278 g/mol. The molecule has 0 radical (unpaired) electrons. The topological polar surface area (TPSA) is 52.6 Å². The van der Waals surface area contributed by atoms with Crippen molar-refractivity contribution < 1.29 is 9.90 Å². The Bertz CT molecular complexity index is 435. The molecule has 0 aromatic heterocycles. The Hall–Kier alpha value is -1.39. The van der Waals surface area contributed by atoms with Crippen LogP contribution < -0.4 is 5.32 Å². The summed E-state index contributed by atoms with van der Waals surface area (Å²) in [5.74, 6) is -0.0303. The number of benzene rings is 1. The number of likely N-dealkylation sites (N-methyl/N-ethyl adjacent to an activating group) is 1. The fraction of sp³-hybridized carbons (Fsp3) is 0.562. The van der Waals surface area contributed by atoms with E-state index in [0.717, 1.165) is 5.56 Å². The second kappa shape index (κ2) is 6.86. The molecule has 0 heterocycles. The van der Waals surface area contributed by atoms with Crippen molar-refractivity contribution in [1.82, 2.24) is 10.2 Å². The second-order valence-electron chi connectivity index (χ2n) is 6.11. The number of carbonyl (C=O) groups excluding carboxylic acids is 1. The van der Waals surface area contributed by atoms with Gasteiger partial charge in [-0.3, -0.25) is 9.69 Å². The number of carbonyl (C=O) groups is 1. The molecular formula is C16H26N2O2. The van der Waals surface area contributed by atoms with Gasteiger partial charge in [0.25, 0.3) is 0 Å². The first kappa shape index (κ1) is 16.7. The molecule has 1 atom stereocenters. The standard InChI is InChI=1S/C16H26N2O2/c1-12-6-8-14(9-7-12)10-17-15(19)13(2)18(5)11-16(3,4)20/h6-9,13,20H,10-11H2,1-5H3,(H,17,19). The molecule has 4 heteroatoms. The summed E-state index contributed by atoms with van der Waals surface area (Å²) >= 11 is 0. The lowest BCUT2D eigenvalue weighted by Crippen LogP contribution is -2.47. The van der Waals surface area contributed by atoms with Crippen LogP contribution >= 0.6 is 0 Å². The zero-order chi connectivity index (χ0) is 15.3. The van der Waals surface area contributed by atoms with Gasteiger partial charge in [-0.25, -0.2) is 0 Å². The molecule has 1 rings (SSSR count). The molecule has 0 spiro atoms. The van der Waals surface area contributed by atoms with Gasteiger partial charge in [0.15, 0.2) is 0 Å². The van der Waals surface area contributed by atoms with Crippen molar-refractivity contribution in [2.45, 2.75) is 45.9 Å². The zero-order valence-electron chi connectivity index (χ0n) is 13.1. The molecule has 112 valence electrons. The summed E-state index contributed by atoms with van der Waals surface area (Å²) in [7, 11) is 1.84. The smallest absolute Gasteiger partial charge is 0.237 e. The Morgan fingerprint density at radius 2 is 1.90 bits per heavy atom. The van der Waals surface area contributed by atoms with Crippen molar-refractivity contribution in [2.24, 2.45) is 0 Å². The quantitative estimate of drug-likeness (QED) is 0.833. The maximum atomic E-state index is 12.1. The number of hydrogen-bond donors (Lipinski definition) is 2. The first-order valence-electron chi connectivity index (χ1n) is 6.95. The minimum Gasteiger partial charge on any atom is -0.389 e. The Kier molecular flexibility index (Phi) is 5.72. The third kappa shape index (κ3) is 5.72. The number of amides is 1. The minimum absolute atomic E-state index is 0.0303. The van der Waals surface area contributed by atoms with Gasteiger partial charge in [-0.05, 0) is 40.3 Å². The molecule has 1 aromatic rings. The fourth-order valence-corrected chi connectivity index (χ4v) is 1.99. The molecule has 2 N–H and O–H groups in total. The number of nitrogens with zero attached hydrogens (tertiary/aromatic N) is 1. The van der Waals surface area contributed by atoms with Gasteiger partial charge in [0.2, 0.25) is 5.91 Å². The summed E-state index contributed by atoms with van der Waals surface area (Å²) in [6, 6.07) is 7.82. The average Bonchev–Trinajstić information content (AvgIpc) is 2.34. The van der Waals surface area contributed by atoms with Gasteiger partial charge < -0.3 is 10.4 Å². The van der Waals surface area contributed by atoms with E-state index in [1.165, 1.54) is 5.56 Å². The molecule has 0 fully saturated rings. The van der Waals surface area contributed by atoms with Crippen molar-refractivity contribution in [1.29, 1.82) is 0 Å². The summed E-state index contributed by atoms with van der Waals surface area (Å²) in [6.07, 6.45) is 0. The van der Waals surface area contributed by atoms with Crippen LogP contribution in [0.4, 0.5) is 0 Å². The molecule has 0 saturated heterocycles. The molecule has 4 nitrogen and oxygen atoms in total. The molecule has 20 heavy (non-hydrogen) atoms. The van der Waals surface area contributed by atoms with E-state index in [2.05, 4.69) is 5.32 Å². The summed E-state index contributed by atoms with van der Waals surface area (Å²) in [5, 5.41) is 12.7. The lowest BCUT2D eigenvalue weighted by Gasteiger charge is -2.29. The van der Waals surface area contributed by atoms with E-state index in [1.807, 2.05) is 50.1 Å². The van der Waals surface area contributed by atoms with Crippen LogP contribution in [0.25, 0.3) is 0 Å². The summed E-state index contributed by atoms with van der Waals surface area (Å²) in [6.45, 7) is 8.33. The van der Waals surface area contributed by atoms with Crippen LogP contribution in [0.15, 0.2) is 24.3 Å². The molecule has 0 aliphatic heterocycles. The highest BCUT2D eigenvalue weighted by Gasteiger charge is 2.23. The van der Waals surface area contributed by atoms with E-state index in [1.54, 1.807) is 13.8 Å². The van der Waals surface area contributed by atoms with Crippen LogP contribution in [0.5, 0.6) is 0 Å². The Balaban J connectivity index is 2.47. The van der Waals surface area contributed by atoms with E-state index in [-0.39, 0.29) is 11.9 Å². The molecule has 1 amide bonds.